The summed E-state index contributed by atoms with van der Waals surface area (Å²) >= 11 is 0. The van der Waals surface area contributed by atoms with E-state index in [2.05, 4.69) is 32.9 Å². The van der Waals surface area contributed by atoms with Crippen LogP contribution in [0.4, 0.5) is 0 Å². The minimum atomic E-state index is -5.07. The Hall–Kier alpha value is 4.43. The van der Waals surface area contributed by atoms with E-state index in [1.54, 1.807) is 6.08 Å². The molecule has 1 atom stereocenters. The molecule has 0 N–H and O–H groups in total. The fourth-order valence-corrected chi connectivity index (χ4v) is 4.86. The van der Waals surface area contributed by atoms with Gasteiger partial charge in [0.15, 0.2) is 0 Å². The SMILES string of the molecule is CC(C)=CCC/C(C)=C/CC/C(C)=C/COCP(=O)([O-])CP(=O)([O-])[O-].[K+].[K+].[K+]. The van der Waals surface area contributed by atoms with Crippen LogP contribution < -0.4 is 169 Å². The number of hydrogen-bond acceptors (Lipinski definition) is 6. The maximum atomic E-state index is 11.4. The van der Waals surface area contributed by atoms with Crippen molar-refractivity contribution in [3.8, 4) is 0 Å². The molecule has 0 radical (unpaired) electrons. The van der Waals surface area contributed by atoms with E-state index in [9.17, 15) is 23.8 Å². The van der Waals surface area contributed by atoms with Crippen LogP contribution in [0.1, 0.15) is 53.4 Å². The molecule has 0 spiro atoms. The quantitative estimate of drug-likeness (QED) is 0.112. The smallest absolute Gasteiger partial charge is 0.810 e. The van der Waals surface area contributed by atoms with Gasteiger partial charge < -0.3 is 28.5 Å². The fourth-order valence-electron chi connectivity index (χ4n) is 2.04. The molecule has 0 heterocycles. The Morgan fingerprint density at radius 1 is 0.821 bits per heavy atom. The van der Waals surface area contributed by atoms with Crippen molar-refractivity contribution in [2.24, 2.45) is 0 Å². The second kappa shape index (κ2) is 21.9. The molecule has 0 aromatic carbocycles. The zero-order valence-electron chi connectivity index (χ0n) is 18.5. The first-order valence-electron chi connectivity index (χ1n) is 8.24. The Labute approximate surface area is 298 Å². The van der Waals surface area contributed by atoms with Crippen LogP contribution in [0.5, 0.6) is 0 Å². The summed E-state index contributed by atoms with van der Waals surface area (Å²) in [5.74, 6) is -1.38. The third kappa shape index (κ3) is 28.5. The van der Waals surface area contributed by atoms with Crippen LogP contribution in [0.25, 0.3) is 0 Å². The van der Waals surface area contributed by atoms with Crippen LogP contribution in [0, 0.1) is 0 Å². The van der Waals surface area contributed by atoms with Crippen LogP contribution >= 0.6 is 15.0 Å². The normalized spacial score (nSPS) is 14.1. The molecule has 1 unspecified atom stereocenters. The average molecular weight is 509 g/mol. The summed E-state index contributed by atoms with van der Waals surface area (Å²) in [5.41, 5.74) is 3.73. The van der Waals surface area contributed by atoms with Gasteiger partial charge in [0.25, 0.3) is 0 Å². The van der Waals surface area contributed by atoms with Gasteiger partial charge in [-0.05, 0) is 53.4 Å². The van der Waals surface area contributed by atoms with E-state index in [1.165, 1.54) is 11.1 Å². The molecular weight excluding hydrogens is 479 g/mol. The summed E-state index contributed by atoms with van der Waals surface area (Å²) < 4.78 is 26.8. The third-order valence-electron chi connectivity index (χ3n) is 3.35. The van der Waals surface area contributed by atoms with E-state index >= 15 is 0 Å². The van der Waals surface area contributed by atoms with Gasteiger partial charge in [-0.3, -0.25) is 0 Å². The van der Waals surface area contributed by atoms with E-state index < -0.39 is 27.2 Å². The molecule has 0 saturated carbocycles. The zero-order chi connectivity index (χ0) is 19.5. The van der Waals surface area contributed by atoms with Gasteiger partial charge in [0.2, 0.25) is 0 Å². The molecule has 0 amide bonds. The topological polar surface area (TPSA) is 113 Å². The molecule has 146 valence electrons. The molecule has 0 rings (SSSR count). The Morgan fingerprint density at radius 2 is 1.29 bits per heavy atom. The Bertz CT molecular complexity index is 596. The summed E-state index contributed by atoms with van der Waals surface area (Å²) in [6, 6.07) is 0. The van der Waals surface area contributed by atoms with Crippen molar-refractivity contribution in [3.05, 3.63) is 34.9 Å². The van der Waals surface area contributed by atoms with Crippen LogP contribution in [0.15, 0.2) is 34.9 Å². The van der Waals surface area contributed by atoms with E-state index in [-0.39, 0.29) is 161 Å². The van der Waals surface area contributed by atoms with Crippen molar-refractivity contribution in [2.45, 2.75) is 53.4 Å². The molecule has 0 aromatic rings. The Kier molecular flexibility index (Phi) is 31.0. The molecule has 11 heteroatoms. The van der Waals surface area contributed by atoms with Crippen LogP contribution in [-0.2, 0) is 13.9 Å². The molecule has 28 heavy (non-hydrogen) atoms. The molecule has 0 aliphatic heterocycles. The molecule has 0 aromatic heterocycles. The third-order valence-corrected chi connectivity index (χ3v) is 7.03. The van der Waals surface area contributed by atoms with Gasteiger partial charge in [0.1, 0.15) is 0 Å². The summed E-state index contributed by atoms with van der Waals surface area (Å²) in [4.78, 5) is 32.3. The minimum Gasteiger partial charge on any atom is -0.810 e. The molecule has 0 aliphatic carbocycles. The Morgan fingerprint density at radius 3 is 1.75 bits per heavy atom. The summed E-state index contributed by atoms with van der Waals surface area (Å²) in [7, 11) is -9.40. The van der Waals surface area contributed by atoms with Crippen LogP contribution in [0.2, 0.25) is 0 Å². The summed E-state index contributed by atoms with van der Waals surface area (Å²) in [5, 5.41) is 0. The van der Waals surface area contributed by atoms with Gasteiger partial charge in [0.05, 0.1) is 13.0 Å². The van der Waals surface area contributed by atoms with Crippen LogP contribution in [0.3, 0.4) is 0 Å². The van der Waals surface area contributed by atoms with Gasteiger partial charge in [-0.1, -0.05) is 42.5 Å². The second-order valence-corrected chi connectivity index (χ2v) is 10.8. The van der Waals surface area contributed by atoms with Crippen molar-refractivity contribution in [1.82, 2.24) is 0 Å². The van der Waals surface area contributed by atoms with E-state index in [4.69, 9.17) is 4.74 Å². The van der Waals surface area contributed by atoms with Gasteiger partial charge in [-0.15, -0.1) is 0 Å². The first kappa shape index (κ1) is 39.6. The molecule has 0 saturated heterocycles. The maximum absolute atomic E-state index is 11.4. The summed E-state index contributed by atoms with van der Waals surface area (Å²) in [6.45, 7) is 8.28. The van der Waals surface area contributed by atoms with Gasteiger partial charge in [0, 0.05) is 13.3 Å². The molecule has 0 fully saturated rings. The van der Waals surface area contributed by atoms with Crippen molar-refractivity contribution >= 4 is 15.0 Å². The number of hydrogen-bond donors (Lipinski definition) is 0. The summed E-state index contributed by atoms with van der Waals surface area (Å²) in [6.07, 6.45) is 9.26. The molecule has 0 aliphatic rings. The van der Waals surface area contributed by atoms with Gasteiger partial charge in [-0.2, -0.15) is 0 Å². The Balaban J connectivity index is -0.000000960. The monoisotopic (exact) mass is 508 g/mol. The van der Waals surface area contributed by atoms with E-state index in [1.807, 2.05) is 6.92 Å². The maximum Gasteiger partial charge on any atom is 1.00 e. The van der Waals surface area contributed by atoms with Crippen molar-refractivity contribution in [2.75, 3.05) is 18.9 Å². The largest absolute Gasteiger partial charge is 1.00 e. The number of rotatable bonds is 12. The first-order chi connectivity index (χ1) is 11.4. The molecular formula is C17H29K3O6P2. The number of ether oxygens (including phenoxy) is 1. The first-order valence-corrected chi connectivity index (χ1v) is 12.0. The van der Waals surface area contributed by atoms with Crippen molar-refractivity contribution in [1.29, 1.82) is 0 Å². The standard InChI is InChI=1S/C17H32O6P2.3K/c1-15(2)7-5-8-16(3)9-6-10-17(4)11-12-23-13-24(18,19)14-25(20,21)22;;;/h7,9,11H,5-6,8,10,12-14H2,1-4H3,(H,18,19)(H2,20,21,22);;;/q;3*+1/p-3/b16-9+,17-11+;;;. The van der Waals surface area contributed by atoms with E-state index in [0.29, 0.717) is 0 Å². The van der Waals surface area contributed by atoms with Crippen molar-refractivity contribution < 1.29 is 183 Å². The van der Waals surface area contributed by atoms with Crippen molar-refractivity contribution in [3.63, 3.8) is 0 Å². The fraction of sp³-hybridized carbons (Fsp3) is 0.647. The van der Waals surface area contributed by atoms with Crippen LogP contribution in [-0.4, -0.2) is 18.9 Å². The zero-order valence-corrected chi connectivity index (χ0v) is 29.7. The van der Waals surface area contributed by atoms with Gasteiger partial charge in [-0.25, -0.2) is 0 Å². The van der Waals surface area contributed by atoms with E-state index in [0.717, 1.165) is 31.3 Å². The minimum absolute atomic E-state index is 0. The van der Waals surface area contributed by atoms with Gasteiger partial charge >= 0.3 is 154 Å². The second-order valence-electron chi connectivity index (χ2n) is 6.53. The number of allylic oxidation sites excluding steroid dienone is 5. The predicted molar refractivity (Wildman–Crippen MR) is 96.3 cm³/mol. The predicted octanol–water partition coefficient (Wildman–Crippen LogP) is -6.10. The average Bonchev–Trinajstić information content (AvgIpc) is 2.40. The molecule has 0 bridgehead atoms. The molecule has 6 nitrogen and oxygen atoms in total.